The molecule has 0 fully saturated rings. The highest BCUT2D eigenvalue weighted by Gasteiger charge is 2.21. The van der Waals surface area contributed by atoms with Gasteiger partial charge in [0.05, 0.1) is 12.2 Å². The molecule has 0 saturated carbocycles. The van der Waals surface area contributed by atoms with Crippen LogP contribution in [0.15, 0.2) is 93.1 Å². The minimum absolute atomic E-state index is 0.0543. The Kier molecular flexibility index (Phi) is 5.17. The molecule has 4 aromatic rings. The Balaban J connectivity index is 1.47. The largest absolute Gasteiger partial charge is 0.469 e. The summed E-state index contributed by atoms with van der Waals surface area (Å²) in [7, 11) is 0. The fourth-order valence-corrected chi connectivity index (χ4v) is 3.57. The highest BCUT2D eigenvalue weighted by atomic mass is 32.2. The van der Waals surface area contributed by atoms with Crippen LogP contribution in [0.1, 0.15) is 28.7 Å². The molecule has 0 radical (unpaired) electrons. The van der Waals surface area contributed by atoms with Gasteiger partial charge in [0.15, 0.2) is 0 Å². The Bertz CT molecular complexity index is 921. The van der Waals surface area contributed by atoms with E-state index in [4.69, 9.17) is 8.83 Å². The quantitative estimate of drug-likeness (QED) is 0.416. The number of benzene rings is 2. The van der Waals surface area contributed by atoms with Gasteiger partial charge in [-0.15, -0.1) is 10.2 Å². The Morgan fingerprint density at radius 1 is 0.846 bits per heavy atom. The average molecular weight is 362 g/mol. The fraction of sp³-hybridized carbons (Fsp3) is 0.143. The molecule has 4 nitrogen and oxygen atoms in total. The SMILES string of the molecule is c1ccc(CSc2nnc(C[C@@H](c3ccccc3)c3ccco3)o2)cc1. The molecule has 0 unspecified atom stereocenters. The number of rotatable bonds is 7. The van der Waals surface area contributed by atoms with Gasteiger partial charge in [-0.25, -0.2) is 0 Å². The summed E-state index contributed by atoms with van der Waals surface area (Å²) in [6, 6.07) is 24.4. The predicted octanol–water partition coefficient (Wildman–Crippen LogP) is 5.33. The molecule has 0 spiro atoms. The smallest absolute Gasteiger partial charge is 0.276 e. The number of hydrogen-bond donors (Lipinski definition) is 0. The Morgan fingerprint density at radius 3 is 2.35 bits per heavy atom. The molecular formula is C21H18N2O2S. The lowest BCUT2D eigenvalue weighted by atomic mass is 9.93. The highest BCUT2D eigenvalue weighted by Crippen LogP contribution is 2.29. The zero-order chi connectivity index (χ0) is 17.6. The van der Waals surface area contributed by atoms with Crippen molar-refractivity contribution in [2.24, 2.45) is 0 Å². The highest BCUT2D eigenvalue weighted by molar-refractivity contribution is 7.98. The van der Waals surface area contributed by atoms with E-state index in [2.05, 4.69) is 34.5 Å². The summed E-state index contributed by atoms with van der Waals surface area (Å²) < 4.78 is 11.5. The van der Waals surface area contributed by atoms with Gasteiger partial charge in [-0.05, 0) is 23.3 Å². The van der Waals surface area contributed by atoms with Crippen LogP contribution in [0.25, 0.3) is 0 Å². The Morgan fingerprint density at radius 2 is 1.62 bits per heavy atom. The molecule has 2 aromatic carbocycles. The lowest BCUT2D eigenvalue weighted by Crippen LogP contribution is -2.04. The maximum Gasteiger partial charge on any atom is 0.276 e. The van der Waals surface area contributed by atoms with Crippen molar-refractivity contribution in [2.75, 3.05) is 0 Å². The van der Waals surface area contributed by atoms with E-state index < -0.39 is 0 Å². The van der Waals surface area contributed by atoms with Gasteiger partial charge < -0.3 is 8.83 Å². The lowest BCUT2D eigenvalue weighted by molar-refractivity contribution is 0.395. The van der Waals surface area contributed by atoms with Gasteiger partial charge in [0.1, 0.15) is 5.76 Å². The molecule has 1 atom stereocenters. The van der Waals surface area contributed by atoms with E-state index in [9.17, 15) is 0 Å². The van der Waals surface area contributed by atoms with Crippen LogP contribution in [-0.4, -0.2) is 10.2 Å². The summed E-state index contributed by atoms with van der Waals surface area (Å²) >= 11 is 1.55. The van der Waals surface area contributed by atoms with Crippen molar-refractivity contribution < 1.29 is 8.83 Å². The molecule has 0 aliphatic rings. The Labute approximate surface area is 156 Å². The lowest BCUT2D eigenvalue weighted by Gasteiger charge is -2.12. The van der Waals surface area contributed by atoms with E-state index in [1.165, 1.54) is 11.1 Å². The molecule has 5 heteroatoms. The zero-order valence-electron chi connectivity index (χ0n) is 14.1. The molecule has 2 heterocycles. The van der Waals surface area contributed by atoms with E-state index in [0.29, 0.717) is 17.5 Å². The second kappa shape index (κ2) is 8.06. The van der Waals surface area contributed by atoms with Crippen molar-refractivity contribution in [1.29, 1.82) is 0 Å². The van der Waals surface area contributed by atoms with Crippen LogP contribution in [0.5, 0.6) is 0 Å². The third-order valence-corrected chi connectivity index (χ3v) is 5.01. The molecule has 4 rings (SSSR count). The standard InChI is InChI=1S/C21H18N2O2S/c1-3-8-16(9-4-1)15-26-21-23-22-20(25-21)14-18(19-12-7-13-24-19)17-10-5-2-6-11-17/h1-13,18H,14-15H2/t18-/m0/s1. The van der Waals surface area contributed by atoms with E-state index in [1.54, 1.807) is 18.0 Å². The van der Waals surface area contributed by atoms with Gasteiger partial charge in [0.25, 0.3) is 5.22 Å². The molecule has 26 heavy (non-hydrogen) atoms. The van der Waals surface area contributed by atoms with E-state index in [0.717, 1.165) is 11.5 Å². The average Bonchev–Trinajstić information content (AvgIpc) is 3.38. The minimum atomic E-state index is 0.0543. The summed E-state index contributed by atoms with van der Waals surface area (Å²) in [6.07, 6.45) is 2.30. The maximum atomic E-state index is 5.85. The maximum absolute atomic E-state index is 5.85. The first-order valence-electron chi connectivity index (χ1n) is 8.46. The number of nitrogens with zero attached hydrogens (tertiary/aromatic N) is 2. The predicted molar refractivity (Wildman–Crippen MR) is 101 cm³/mol. The Hall–Kier alpha value is -2.79. The van der Waals surface area contributed by atoms with Gasteiger partial charge in [-0.3, -0.25) is 0 Å². The van der Waals surface area contributed by atoms with Gasteiger partial charge in [0.2, 0.25) is 5.89 Å². The third-order valence-electron chi connectivity index (χ3n) is 4.12. The summed E-state index contributed by atoms with van der Waals surface area (Å²) in [4.78, 5) is 0. The van der Waals surface area contributed by atoms with Crippen molar-refractivity contribution in [1.82, 2.24) is 10.2 Å². The van der Waals surface area contributed by atoms with E-state index in [-0.39, 0.29) is 5.92 Å². The summed E-state index contributed by atoms with van der Waals surface area (Å²) in [5.41, 5.74) is 2.40. The molecule has 0 aliphatic carbocycles. The van der Waals surface area contributed by atoms with Crippen LogP contribution in [0.4, 0.5) is 0 Å². The van der Waals surface area contributed by atoms with Crippen molar-refractivity contribution in [3.8, 4) is 0 Å². The van der Waals surface area contributed by atoms with Gasteiger partial charge >= 0.3 is 0 Å². The molecule has 0 aliphatic heterocycles. The summed E-state index contributed by atoms with van der Waals surface area (Å²) in [5, 5.41) is 8.99. The van der Waals surface area contributed by atoms with Gasteiger partial charge in [0, 0.05) is 12.2 Å². The van der Waals surface area contributed by atoms with E-state index >= 15 is 0 Å². The van der Waals surface area contributed by atoms with Crippen molar-refractivity contribution in [2.45, 2.75) is 23.3 Å². The number of thioether (sulfide) groups is 1. The van der Waals surface area contributed by atoms with Crippen molar-refractivity contribution in [3.63, 3.8) is 0 Å². The molecule has 0 saturated heterocycles. The van der Waals surface area contributed by atoms with Gasteiger partial charge in [-0.2, -0.15) is 0 Å². The first-order valence-corrected chi connectivity index (χ1v) is 9.44. The first-order chi connectivity index (χ1) is 12.9. The monoisotopic (exact) mass is 362 g/mol. The molecule has 0 amide bonds. The van der Waals surface area contributed by atoms with Crippen LogP contribution in [0.3, 0.4) is 0 Å². The third kappa shape index (κ3) is 4.06. The van der Waals surface area contributed by atoms with E-state index in [1.807, 2.05) is 48.5 Å². The molecule has 0 N–H and O–H groups in total. The minimum Gasteiger partial charge on any atom is -0.469 e. The second-order valence-corrected chi connectivity index (χ2v) is 6.85. The number of hydrogen-bond acceptors (Lipinski definition) is 5. The molecule has 0 bridgehead atoms. The molecular weight excluding hydrogens is 344 g/mol. The van der Waals surface area contributed by atoms with Crippen molar-refractivity contribution >= 4 is 11.8 Å². The first kappa shape index (κ1) is 16.7. The van der Waals surface area contributed by atoms with Crippen LogP contribution in [0, 0.1) is 0 Å². The number of aromatic nitrogens is 2. The topological polar surface area (TPSA) is 52.1 Å². The summed E-state index contributed by atoms with van der Waals surface area (Å²) in [5.74, 6) is 2.38. The van der Waals surface area contributed by atoms with Crippen LogP contribution in [-0.2, 0) is 12.2 Å². The van der Waals surface area contributed by atoms with Crippen LogP contribution in [0.2, 0.25) is 0 Å². The summed E-state index contributed by atoms with van der Waals surface area (Å²) in [6.45, 7) is 0. The number of furan rings is 1. The van der Waals surface area contributed by atoms with Gasteiger partial charge in [-0.1, -0.05) is 72.4 Å². The normalized spacial score (nSPS) is 12.2. The second-order valence-electron chi connectivity index (χ2n) is 5.92. The van der Waals surface area contributed by atoms with Crippen molar-refractivity contribution in [3.05, 3.63) is 102 Å². The molecule has 130 valence electrons. The van der Waals surface area contributed by atoms with Crippen LogP contribution < -0.4 is 0 Å². The fourth-order valence-electron chi connectivity index (χ4n) is 2.83. The molecule has 2 aromatic heterocycles. The van der Waals surface area contributed by atoms with Crippen LogP contribution >= 0.6 is 11.8 Å². The zero-order valence-corrected chi connectivity index (χ0v) is 14.9.